The van der Waals surface area contributed by atoms with Crippen LogP contribution in [0.3, 0.4) is 0 Å². The van der Waals surface area contributed by atoms with Gasteiger partial charge in [0, 0.05) is 43.6 Å². The Morgan fingerprint density at radius 1 is 0.294 bits per heavy atom. The first-order chi connectivity index (χ1) is 33.7. The standard InChI is InChI=1S/C64H40N4/c1-2-14-41(15-3-1)43-28-31-45(32-29-43)62-54-23-8-10-25-57(54)65-64(66-62)68-60-27-13-24-51(61(60)55-36-34-44-17-6-7-21-52(44)63(55)68)49-35-37-59-56(40-49)53-22-9-11-26-58(53)67(59)50-20-12-19-47(39-50)48-33-30-42-16-4-5-18-46(42)38-48/h1-40H. The molecule has 14 rings (SSSR count). The first-order valence-corrected chi connectivity index (χ1v) is 23.2. The van der Waals surface area contributed by atoms with E-state index in [4.69, 9.17) is 9.97 Å². The van der Waals surface area contributed by atoms with Crippen LogP contribution in [0.25, 0.3) is 132 Å². The molecule has 0 atom stereocenters. The van der Waals surface area contributed by atoms with E-state index in [1.54, 1.807) is 0 Å². The van der Waals surface area contributed by atoms with Gasteiger partial charge in [-0.2, -0.15) is 0 Å². The van der Waals surface area contributed by atoms with E-state index in [0.717, 1.165) is 60.8 Å². The monoisotopic (exact) mass is 864 g/mol. The van der Waals surface area contributed by atoms with Crippen LogP contribution in [0.1, 0.15) is 0 Å². The summed E-state index contributed by atoms with van der Waals surface area (Å²) in [5.74, 6) is 0.642. The van der Waals surface area contributed by atoms with E-state index in [9.17, 15) is 0 Å². The van der Waals surface area contributed by atoms with Gasteiger partial charge in [-0.15, -0.1) is 0 Å². The van der Waals surface area contributed by atoms with Crippen LogP contribution in [-0.4, -0.2) is 19.1 Å². The van der Waals surface area contributed by atoms with Gasteiger partial charge in [-0.25, -0.2) is 9.97 Å². The Kier molecular flexibility index (Phi) is 8.55. The van der Waals surface area contributed by atoms with Gasteiger partial charge in [0.15, 0.2) is 0 Å². The first-order valence-electron chi connectivity index (χ1n) is 23.2. The molecule has 4 heteroatoms. The van der Waals surface area contributed by atoms with Gasteiger partial charge in [0.05, 0.1) is 33.3 Å². The van der Waals surface area contributed by atoms with Gasteiger partial charge in [-0.1, -0.05) is 194 Å². The average Bonchev–Trinajstić information content (AvgIpc) is 3.94. The van der Waals surface area contributed by atoms with Crippen molar-refractivity contribution in [2.75, 3.05) is 0 Å². The molecule has 14 aromatic rings. The molecule has 3 heterocycles. The highest BCUT2D eigenvalue weighted by atomic mass is 15.2. The second-order valence-corrected chi connectivity index (χ2v) is 17.7. The van der Waals surface area contributed by atoms with E-state index >= 15 is 0 Å². The van der Waals surface area contributed by atoms with Crippen LogP contribution < -0.4 is 0 Å². The molecule has 0 bridgehead atoms. The van der Waals surface area contributed by atoms with Gasteiger partial charge in [-0.3, -0.25) is 4.57 Å². The lowest BCUT2D eigenvalue weighted by molar-refractivity contribution is 1.02. The van der Waals surface area contributed by atoms with Crippen molar-refractivity contribution in [2.24, 2.45) is 0 Å². The molecule has 0 aliphatic heterocycles. The summed E-state index contributed by atoms with van der Waals surface area (Å²) in [6.07, 6.45) is 0. The molecule has 0 saturated heterocycles. The summed E-state index contributed by atoms with van der Waals surface area (Å²) in [6, 6.07) is 87.6. The Balaban J connectivity index is 0.964. The van der Waals surface area contributed by atoms with Crippen molar-refractivity contribution in [1.29, 1.82) is 0 Å². The Hall–Kier alpha value is -9.12. The van der Waals surface area contributed by atoms with Gasteiger partial charge in [0.25, 0.3) is 0 Å². The maximum Gasteiger partial charge on any atom is 0.235 e. The summed E-state index contributed by atoms with van der Waals surface area (Å²) in [4.78, 5) is 10.9. The molecule has 68 heavy (non-hydrogen) atoms. The largest absolute Gasteiger partial charge is 0.309 e. The first kappa shape index (κ1) is 38.2. The van der Waals surface area contributed by atoms with Crippen LogP contribution in [0, 0.1) is 0 Å². The molecule has 0 unspecified atom stereocenters. The summed E-state index contributed by atoms with van der Waals surface area (Å²) in [6.45, 7) is 0. The van der Waals surface area contributed by atoms with Crippen molar-refractivity contribution in [3.05, 3.63) is 243 Å². The normalized spacial score (nSPS) is 11.8. The molecule has 0 aliphatic carbocycles. The van der Waals surface area contributed by atoms with E-state index < -0.39 is 0 Å². The lowest BCUT2D eigenvalue weighted by atomic mass is 9.97. The smallest absolute Gasteiger partial charge is 0.235 e. The van der Waals surface area contributed by atoms with Crippen molar-refractivity contribution in [3.8, 4) is 56.3 Å². The van der Waals surface area contributed by atoms with Gasteiger partial charge < -0.3 is 4.57 Å². The number of rotatable bonds is 6. The van der Waals surface area contributed by atoms with Gasteiger partial charge in [0.2, 0.25) is 5.95 Å². The summed E-state index contributed by atoms with van der Waals surface area (Å²) in [5.41, 5.74) is 15.5. The Morgan fingerprint density at radius 3 is 1.79 bits per heavy atom. The molecule has 0 spiro atoms. The van der Waals surface area contributed by atoms with Crippen molar-refractivity contribution >= 4 is 76.1 Å². The zero-order chi connectivity index (χ0) is 44.7. The Bertz CT molecular complexity index is 4310. The number of fused-ring (bicyclic) bond motifs is 10. The Labute approximate surface area is 392 Å². The van der Waals surface area contributed by atoms with Crippen LogP contribution >= 0.6 is 0 Å². The van der Waals surface area contributed by atoms with Crippen molar-refractivity contribution < 1.29 is 0 Å². The van der Waals surface area contributed by atoms with E-state index in [2.05, 4.69) is 252 Å². The lowest BCUT2D eigenvalue weighted by Crippen LogP contribution is -2.03. The van der Waals surface area contributed by atoms with E-state index in [-0.39, 0.29) is 0 Å². The number of aromatic nitrogens is 4. The lowest BCUT2D eigenvalue weighted by Gasteiger charge is -2.13. The minimum Gasteiger partial charge on any atom is -0.309 e. The number of benzene rings is 11. The molecule has 0 N–H and O–H groups in total. The third-order valence-electron chi connectivity index (χ3n) is 13.9. The highest BCUT2D eigenvalue weighted by Crippen LogP contribution is 2.43. The zero-order valence-corrected chi connectivity index (χ0v) is 36.9. The highest BCUT2D eigenvalue weighted by molar-refractivity contribution is 6.23. The molecule has 0 amide bonds. The summed E-state index contributed by atoms with van der Waals surface area (Å²) < 4.78 is 4.72. The predicted octanol–water partition coefficient (Wildman–Crippen LogP) is 16.8. The number of para-hydroxylation sites is 2. The summed E-state index contributed by atoms with van der Waals surface area (Å²) >= 11 is 0. The summed E-state index contributed by atoms with van der Waals surface area (Å²) in [7, 11) is 0. The van der Waals surface area contributed by atoms with Crippen molar-refractivity contribution in [2.45, 2.75) is 0 Å². The maximum atomic E-state index is 5.52. The zero-order valence-electron chi connectivity index (χ0n) is 36.9. The quantitative estimate of drug-likeness (QED) is 0.167. The van der Waals surface area contributed by atoms with Gasteiger partial charge >= 0.3 is 0 Å². The highest BCUT2D eigenvalue weighted by Gasteiger charge is 2.22. The summed E-state index contributed by atoms with van der Waals surface area (Å²) in [5, 5.41) is 10.6. The molecule has 3 aromatic heterocycles. The Morgan fingerprint density at radius 2 is 0.912 bits per heavy atom. The van der Waals surface area contributed by atoms with Crippen LogP contribution in [0.4, 0.5) is 0 Å². The van der Waals surface area contributed by atoms with E-state index in [0.29, 0.717) is 5.95 Å². The fourth-order valence-corrected chi connectivity index (χ4v) is 10.7. The SMILES string of the molecule is c1ccc(-c2ccc(-c3nc(-n4c5cccc(-c6ccc7c(c6)c6ccccc6n7-c6cccc(-c7ccc8ccccc8c7)c6)c5c5ccc6ccccc6c54)nc4ccccc34)cc2)cc1. The van der Waals surface area contributed by atoms with E-state index in [1.165, 1.54) is 65.6 Å². The number of nitrogens with zero attached hydrogens (tertiary/aromatic N) is 4. The fraction of sp³-hybridized carbons (Fsp3) is 0. The van der Waals surface area contributed by atoms with Crippen LogP contribution in [0.2, 0.25) is 0 Å². The fourth-order valence-electron chi connectivity index (χ4n) is 10.7. The second kappa shape index (κ2) is 15.2. The van der Waals surface area contributed by atoms with Crippen LogP contribution in [0.5, 0.6) is 0 Å². The van der Waals surface area contributed by atoms with E-state index in [1.807, 2.05) is 0 Å². The molecule has 0 radical (unpaired) electrons. The molecule has 11 aromatic carbocycles. The second-order valence-electron chi connectivity index (χ2n) is 17.7. The minimum absolute atomic E-state index is 0.642. The molecule has 316 valence electrons. The molecule has 4 nitrogen and oxygen atoms in total. The van der Waals surface area contributed by atoms with Gasteiger partial charge in [0.1, 0.15) is 0 Å². The third kappa shape index (κ3) is 6.01. The maximum absolute atomic E-state index is 5.52. The molecular weight excluding hydrogens is 825 g/mol. The molecule has 0 fully saturated rings. The average molecular weight is 865 g/mol. The topological polar surface area (TPSA) is 35.6 Å². The number of hydrogen-bond acceptors (Lipinski definition) is 2. The molecule has 0 aliphatic rings. The van der Waals surface area contributed by atoms with Crippen LogP contribution in [-0.2, 0) is 0 Å². The van der Waals surface area contributed by atoms with Gasteiger partial charge in [-0.05, 0) is 98.1 Å². The number of hydrogen-bond donors (Lipinski definition) is 0. The van der Waals surface area contributed by atoms with Crippen LogP contribution in [0.15, 0.2) is 243 Å². The van der Waals surface area contributed by atoms with Crippen molar-refractivity contribution in [1.82, 2.24) is 19.1 Å². The minimum atomic E-state index is 0.642. The molecule has 0 saturated carbocycles. The third-order valence-corrected chi connectivity index (χ3v) is 13.9. The van der Waals surface area contributed by atoms with Crippen molar-refractivity contribution in [3.63, 3.8) is 0 Å². The molecular formula is C64H40N4. The predicted molar refractivity (Wildman–Crippen MR) is 285 cm³/mol.